The molecule has 0 radical (unpaired) electrons. The molecule has 0 unspecified atom stereocenters. The number of amides is 2. The minimum atomic E-state index is -0.482. The van der Waals surface area contributed by atoms with Crippen LogP contribution < -0.4 is 10.1 Å². The Morgan fingerprint density at radius 2 is 2.04 bits per heavy atom. The largest absolute Gasteiger partial charge is 0.492 e. The maximum Gasteiger partial charge on any atom is 0.357 e. The topological polar surface area (TPSA) is 80.8 Å². The molecule has 1 aromatic carbocycles. The van der Waals surface area contributed by atoms with Crippen LogP contribution in [0.3, 0.4) is 0 Å². The van der Waals surface area contributed by atoms with Crippen molar-refractivity contribution in [2.24, 2.45) is 0 Å². The highest BCUT2D eigenvalue weighted by molar-refractivity contribution is 7.09. The summed E-state index contributed by atoms with van der Waals surface area (Å²) < 4.78 is 10.2. The number of anilines is 1. The van der Waals surface area contributed by atoms with Crippen molar-refractivity contribution >= 4 is 29.0 Å². The lowest BCUT2D eigenvalue weighted by Gasteiger charge is -2.22. The van der Waals surface area contributed by atoms with Crippen LogP contribution in [0.15, 0.2) is 29.6 Å². The highest BCUT2D eigenvalue weighted by Crippen LogP contribution is 2.24. The molecule has 1 aromatic heterocycles. The molecule has 0 atom stereocenters. The highest BCUT2D eigenvalue weighted by atomic mass is 32.1. The van der Waals surface area contributed by atoms with Crippen molar-refractivity contribution in [1.29, 1.82) is 0 Å². The molecule has 1 heterocycles. The van der Waals surface area contributed by atoms with Gasteiger partial charge in [0.05, 0.1) is 25.9 Å². The molecular weight excluding hydrogens is 354 g/mol. The molecule has 0 aliphatic heterocycles. The van der Waals surface area contributed by atoms with Gasteiger partial charge >= 0.3 is 12.0 Å². The molecule has 2 rings (SSSR count). The van der Waals surface area contributed by atoms with E-state index < -0.39 is 5.97 Å². The van der Waals surface area contributed by atoms with E-state index in [2.05, 4.69) is 15.0 Å². The van der Waals surface area contributed by atoms with Gasteiger partial charge in [-0.3, -0.25) is 0 Å². The van der Waals surface area contributed by atoms with E-state index in [1.807, 2.05) is 32.0 Å². The standard InChI is InChI=1S/C18H23N3O4S/c1-4-10-21(11-16-19-14(12-26-16)17(22)24-3)18(23)20-13-8-6-7-9-15(13)25-5-2/h6-9,12H,4-5,10-11H2,1-3H3,(H,20,23). The van der Waals surface area contributed by atoms with Crippen LogP contribution in [-0.2, 0) is 11.3 Å². The summed E-state index contributed by atoms with van der Waals surface area (Å²) >= 11 is 1.32. The van der Waals surface area contributed by atoms with E-state index in [4.69, 9.17) is 4.74 Å². The predicted octanol–water partition coefficient (Wildman–Crippen LogP) is 3.77. The summed E-state index contributed by atoms with van der Waals surface area (Å²) in [5, 5.41) is 5.19. The number of benzene rings is 1. The van der Waals surface area contributed by atoms with E-state index in [-0.39, 0.29) is 11.7 Å². The van der Waals surface area contributed by atoms with Gasteiger partial charge in [-0.2, -0.15) is 0 Å². The Kier molecular flexibility index (Phi) is 7.40. The summed E-state index contributed by atoms with van der Waals surface area (Å²) in [7, 11) is 1.31. The van der Waals surface area contributed by atoms with E-state index in [0.29, 0.717) is 36.1 Å². The van der Waals surface area contributed by atoms with Gasteiger partial charge < -0.3 is 19.7 Å². The molecule has 0 bridgehead atoms. The Hall–Kier alpha value is -2.61. The van der Waals surface area contributed by atoms with Crippen molar-refractivity contribution in [2.45, 2.75) is 26.8 Å². The molecule has 0 fully saturated rings. The zero-order valence-electron chi connectivity index (χ0n) is 15.2. The highest BCUT2D eigenvalue weighted by Gasteiger charge is 2.18. The van der Waals surface area contributed by atoms with Gasteiger partial charge in [0.25, 0.3) is 0 Å². The molecule has 7 nitrogen and oxygen atoms in total. The summed E-state index contributed by atoms with van der Waals surface area (Å²) in [6.45, 7) is 5.29. The molecule has 26 heavy (non-hydrogen) atoms. The van der Waals surface area contributed by atoms with Gasteiger partial charge in [-0.1, -0.05) is 19.1 Å². The van der Waals surface area contributed by atoms with Gasteiger partial charge in [0.1, 0.15) is 10.8 Å². The first-order chi connectivity index (χ1) is 12.6. The van der Waals surface area contributed by atoms with Crippen molar-refractivity contribution in [2.75, 3.05) is 25.6 Å². The first-order valence-electron chi connectivity index (χ1n) is 8.39. The number of carbonyl (C=O) groups excluding carboxylic acids is 2. The molecule has 140 valence electrons. The fourth-order valence-electron chi connectivity index (χ4n) is 2.31. The van der Waals surface area contributed by atoms with Crippen LogP contribution in [0, 0.1) is 0 Å². The smallest absolute Gasteiger partial charge is 0.357 e. The Bertz CT molecular complexity index is 748. The van der Waals surface area contributed by atoms with Gasteiger partial charge in [0, 0.05) is 11.9 Å². The molecule has 1 N–H and O–H groups in total. The zero-order valence-corrected chi connectivity index (χ0v) is 16.0. The number of nitrogens with one attached hydrogen (secondary N) is 1. The molecule has 0 aliphatic carbocycles. The number of thiazole rings is 1. The number of methoxy groups -OCH3 is 1. The molecule has 0 aliphatic rings. The van der Waals surface area contributed by atoms with Crippen molar-refractivity contribution < 1.29 is 19.1 Å². The second kappa shape index (κ2) is 9.76. The van der Waals surface area contributed by atoms with Crippen LogP contribution in [-0.4, -0.2) is 42.1 Å². The minimum Gasteiger partial charge on any atom is -0.492 e. The molecule has 0 spiro atoms. The monoisotopic (exact) mass is 377 g/mol. The van der Waals surface area contributed by atoms with Gasteiger partial charge in [0.15, 0.2) is 5.69 Å². The van der Waals surface area contributed by atoms with Crippen LogP contribution in [0.2, 0.25) is 0 Å². The van der Waals surface area contributed by atoms with E-state index >= 15 is 0 Å². The van der Waals surface area contributed by atoms with Crippen molar-refractivity contribution in [3.05, 3.63) is 40.3 Å². The Balaban J connectivity index is 2.10. The van der Waals surface area contributed by atoms with Crippen LogP contribution >= 0.6 is 11.3 Å². The molecule has 2 aromatic rings. The maximum absolute atomic E-state index is 12.7. The summed E-state index contributed by atoms with van der Waals surface area (Å²) in [5.74, 6) is 0.145. The zero-order chi connectivity index (χ0) is 18.9. The second-order valence-electron chi connectivity index (χ2n) is 5.40. The Morgan fingerprint density at radius 1 is 1.27 bits per heavy atom. The third-order valence-electron chi connectivity index (χ3n) is 3.48. The fourth-order valence-corrected chi connectivity index (χ4v) is 3.09. The van der Waals surface area contributed by atoms with Crippen LogP contribution in [0.4, 0.5) is 10.5 Å². The van der Waals surface area contributed by atoms with Crippen molar-refractivity contribution in [3.63, 3.8) is 0 Å². The second-order valence-corrected chi connectivity index (χ2v) is 6.34. The number of aromatic nitrogens is 1. The quantitative estimate of drug-likeness (QED) is 0.708. The van der Waals surface area contributed by atoms with Gasteiger partial charge in [-0.15, -0.1) is 11.3 Å². The average molecular weight is 377 g/mol. The lowest BCUT2D eigenvalue weighted by Crippen LogP contribution is -2.35. The molecule has 0 saturated heterocycles. The molecular formula is C18H23N3O4S. The normalized spacial score (nSPS) is 10.3. The van der Waals surface area contributed by atoms with E-state index in [1.54, 1.807) is 16.3 Å². The molecule has 8 heteroatoms. The number of para-hydroxylation sites is 2. The van der Waals surface area contributed by atoms with E-state index in [1.165, 1.54) is 18.4 Å². The Labute approximate surface area is 156 Å². The van der Waals surface area contributed by atoms with Crippen molar-refractivity contribution in [1.82, 2.24) is 9.88 Å². The lowest BCUT2D eigenvalue weighted by atomic mass is 10.3. The summed E-state index contributed by atoms with van der Waals surface area (Å²) in [4.78, 5) is 30.1. The molecule has 0 saturated carbocycles. The maximum atomic E-state index is 12.7. The first-order valence-corrected chi connectivity index (χ1v) is 9.27. The number of ether oxygens (including phenoxy) is 2. The lowest BCUT2D eigenvalue weighted by molar-refractivity contribution is 0.0594. The summed E-state index contributed by atoms with van der Waals surface area (Å²) in [6, 6.07) is 7.06. The van der Waals surface area contributed by atoms with Gasteiger partial charge in [0.2, 0.25) is 0 Å². The molecule has 2 amide bonds. The van der Waals surface area contributed by atoms with Crippen LogP contribution in [0.25, 0.3) is 0 Å². The number of hydrogen-bond acceptors (Lipinski definition) is 6. The third-order valence-corrected chi connectivity index (χ3v) is 4.32. The minimum absolute atomic E-state index is 0.242. The van der Waals surface area contributed by atoms with Crippen LogP contribution in [0.5, 0.6) is 5.75 Å². The third kappa shape index (κ3) is 5.19. The van der Waals surface area contributed by atoms with E-state index in [0.717, 1.165) is 6.42 Å². The van der Waals surface area contributed by atoms with Crippen LogP contribution in [0.1, 0.15) is 35.8 Å². The summed E-state index contributed by atoms with van der Waals surface area (Å²) in [6.07, 6.45) is 0.801. The van der Waals surface area contributed by atoms with E-state index in [9.17, 15) is 9.59 Å². The van der Waals surface area contributed by atoms with Gasteiger partial charge in [-0.05, 0) is 25.5 Å². The average Bonchev–Trinajstić information content (AvgIpc) is 3.11. The SMILES string of the molecule is CCCN(Cc1nc(C(=O)OC)cs1)C(=O)Nc1ccccc1OCC. The predicted molar refractivity (Wildman–Crippen MR) is 101 cm³/mol. The number of hydrogen-bond donors (Lipinski definition) is 1. The number of urea groups is 1. The summed E-state index contributed by atoms with van der Waals surface area (Å²) in [5.41, 5.74) is 0.876. The Morgan fingerprint density at radius 3 is 2.73 bits per heavy atom. The fraction of sp³-hybridized carbons (Fsp3) is 0.389. The number of carbonyl (C=O) groups is 2. The number of esters is 1. The van der Waals surface area contributed by atoms with Crippen molar-refractivity contribution in [3.8, 4) is 5.75 Å². The number of rotatable bonds is 8. The first kappa shape index (κ1) is 19.7. The number of nitrogens with zero attached hydrogens (tertiary/aromatic N) is 2. The van der Waals surface area contributed by atoms with Gasteiger partial charge in [-0.25, -0.2) is 14.6 Å².